The molecule has 1 aliphatic rings. The Kier molecular flexibility index (Phi) is 2.52. The summed E-state index contributed by atoms with van der Waals surface area (Å²) in [6, 6.07) is 0. The van der Waals surface area contributed by atoms with E-state index in [2.05, 4.69) is 36.1 Å². The Balaban J connectivity index is 2.40. The first kappa shape index (κ1) is 6.56. The van der Waals surface area contributed by atoms with Crippen molar-refractivity contribution in [2.24, 2.45) is 0 Å². The molecule has 0 aliphatic carbocycles. The maximum atomic E-state index is 2.38. The first-order chi connectivity index (χ1) is 4.43. The van der Waals surface area contributed by atoms with Gasteiger partial charge in [-0.1, -0.05) is 31.2 Å². The van der Waals surface area contributed by atoms with Crippen LogP contribution in [0.5, 0.6) is 0 Å². The third kappa shape index (κ3) is 2.02. The third-order valence-corrected chi connectivity index (χ3v) is 1.56. The van der Waals surface area contributed by atoms with Gasteiger partial charge in [0, 0.05) is 13.1 Å². The minimum atomic E-state index is 1.10. The van der Waals surface area contributed by atoms with Gasteiger partial charge in [-0.25, -0.2) is 0 Å². The van der Waals surface area contributed by atoms with E-state index in [1.807, 2.05) is 0 Å². The Morgan fingerprint density at radius 2 is 1.78 bits per heavy atom. The summed E-state index contributed by atoms with van der Waals surface area (Å²) in [5, 5.41) is 0. The molecule has 0 unspecified atom stereocenters. The molecule has 1 aliphatic heterocycles. The summed E-state index contributed by atoms with van der Waals surface area (Å²) >= 11 is 0. The van der Waals surface area contributed by atoms with Crippen LogP contribution in [0.2, 0.25) is 0 Å². The Morgan fingerprint density at radius 3 is 2.22 bits per heavy atom. The maximum absolute atomic E-state index is 2.38. The highest BCUT2D eigenvalue weighted by molar-refractivity contribution is 5.07. The van der Waals surface area contributed by atoms with Crippen LogP contribution in [0.25, 0.3) is 0 Å². The third-order valence-electron chi connectivity index (χ3n) is 1.56. The van der Waals surface area contributed by atoms with Crippen LogP contribution in [0.1, 0.15) is 6.92 Å². The Labute approximate surface area is 56.7 Å². The molecule has 0 saturated carbocycles. The lowest BCUT2D eigenvalue weighted by atomic mass is 10.5. The zero-order valence-corrected chi connectivity index (χ0v) is 5.88. The Morgan fingerprint density at radius 1 is 1.22 bits per heavy atom. The first-order valence-corrected chi connectivity index (χ1v) is 3.47. The van der Waals surface area contributed by atoms with Gasteiger partial charge < -0.3 is 0 Å². The molecule has 0 radical (unpaired) electrons. The molecule has 0 aromatic carbocycles. The van der Waals surface area contributed by atoms with Crippen LogP contribution < -0.4 is 0 Å². The van der Waals surface area contributed by atoms with Gasteiger partial charge >= 0.3 is 0 Å². The molecule has 1 heteroatoms. The van der Waals surface area contributed by atoms with Gasteiger partial charge in [0.05, 0.1) is 0 Å². The van der Waals surface area contributed by atoms with E-state index in [0.717, 1.165) is 19.6 Å². The monoisotopic (exact) mass is 123 g/mol. The van der Waals surface area contributed by atoms with Crippen molar-refractivity contribution < 1.29 is 0 Å². The topological polar surface area (TPSA) is 3.24 Å². The maximum Gasteiger partial charge on any atom is 0.0169 e. The zero-order chi connectivity index (χ0) is 6.53. The van der Waals surface area contributed by atoms with Crippen molar-refractivity contribution in [3.8, 4) is 0 Å². The molecule has 0 saturated heterocycles. The molecule has 1 heterocycles. The fourth-order valence-corrected chi connectivity index (χ4v) is 0.910. The zero-order valence-electron chi connectivity index (χ0n) is 5.88. The highest BCUT2D eigenvalue weighted by Gasteiger charge is 1.96. The van der Waals surface area contributed by atoms with Crippen LogP contribution in [0.4, 0.5) is 0 Å². The van der Waals surface area contributed by atoms with Gasteiger partial charge in [0.2, 0.25) is 0 Å². The molecule has 9 heavy (non-hydrogen) atoms. The molecule has 0 bridgehead atoms. The fraction of sp³-hybridized carbons (Fsp3) is 0.500. The molecule has 0 aromatic rings. The quantitative estimate of drug-likeness (QED) is 0.510. The highest BCUT2D eigenvalue weighted by Crippen LogP contribution is 1.93. The van der Waals surface area contributed by atoms with E-state index in [9.17, 15) is 0 Å². The van der Waals surface area contributed by atoms with E-state index in [-0.39, 0.29) is 0 Å². The predicted molar refractivity (Wildman–Crippen MR) is 40.4 cm³/mol. The molecule has 0 spiro atoms. The van der Waals surface area contributed by atoms with Crippen LogP contribution in [0.15, 0.2) is 24.3 Å². The lowest BCUT2D eigenvalue weighted by molar-refractivity contribution is 0.356. The van der Waals surface area contributed by atoms with E-state index >= 15 is 0 Å². The summed E-state index contributed by atoms with van der Waals surface area (Å²) < 4.78 is 0. The number of rotatable bonds is 1. The number of hydrogen-bond acceptors (Lipinski definition) is 1. The van der Waals surface area contributed by atoms with E-state index < -0.39 is 0 Å². The summed E-state index contributed by atoms with van der Waals surface area (Å²) in [4.78, 5) is 2.38. The smallest absolute Gasteiger partial charge is 0.0169 e. The summed E-state index contributed by atoms with van der Waals surface area (Å²) in [6.45, 7) is 5.54. The Bertz CT molecular complexity index is 111. The minimum Gasteiger partial charge on any atom is -0.296 e. The molecule has 50 valence electrons. The first-order valence-electron chi connectivity index (χ1n) is 3.47. The Hall–Kier alpha value is -0.560. The predicted octanol–water partition coefficient (Wildman–Crippen LogP) is 1.43. The molecular formula is C8H13N. The lowest BCUT2D eigenvalue weighted by Crippen LogP contribution is -2.22. The van der Waals surface area contributed by atoms with Crippen molar-refractivity contribution in [3.63, 3.8) is 0 Å². The van der Waals surface area contributed by atoms with Gasteiger partial charge in [-0.15, -0.1) is 0 Å². The summed E-state index contributed by atoms with van der Waals surface area (Å²) in [6.07, 6.45) is 8.59. The van der Waals surface area contributed by atoms with Crippen LogP contribution in [-0.2, 0) is 0 Å². The van der Waals surface area contributed by atoms with Crippen molar-refractivity contribution in [3.05, 3.63) is 24.3 Å². The van der Waals surface area contributed by atoms with Crippen LogP contribution in [-0.4, -0.2) is 24.5 Å². The van der Waals surface area contributed by atoms with Gasteiger partial charge in [-0.05, 0) is 6.54 Å². The number of likely N-dealkylation sites (N-methyl/N-ethyl adjacent to an activating group) is 1. The summed E-state index contributed by atoms with van der Waals surface area (Å²) in [5.74, 6) is 0. The molecule has 0 aromatic heterocycles. The average Bonchev–Trinajstić information content (AvgIpc) is 2.13. The second-order valence-electron chi connectivity index (χ2n) is 2.21. The van der Waals surface area contributed by atoms with Crippen molar-refractivity contribution in [2.45, 2.75) is 6.92 Å². The van der Waals surface area contributed by atoms with Gasteiger partial charge in [-0.3, -0.25) is 4.90 Å². The van der Waals surface area contributed by atoms with Gasteiger partial charge in [0.15, 0.2) is 0 Å². The molecule has 0 fully saturated rings. The van der Waals surface area contributed by atoms with E-state index in [0.29, 0.717) is 0 Å². The molecule has 0 atom stereocenters. The van der Waals surface area contributed by atoms with Crippen LogP contribution in [0.3, 0.4) is 0 Å². The second kappa shape index (κ2) is 3.46. The molecule has 0 amide bonds. The number of nitrogens with zero attached hydrogens (tertiary/aromatic N) is 1. The second-order valence-corrected chi connectivity index (χ2v) is 2.21. The number of allylic oxidation sites excluding steroid dienone is 2. The highest BCUT2D eigenvalue weighted by atomic mass is 15.1. The van der Waals surface area contributed by atoms with E-state index in [4.69, 9.17) is 0 Å². The van der Waals surface area contributed by atoms with Crippen LogP contribution in [0, 0.1) is 0 Å². The van der Waals surface area contributed by atoms with Crippen LogP contribution >= 0.6 is 0 Å². The molecular weight excluding hydrogens is 110 g/mol. The van der Waals surface area contributed by atoms with E-state index in [1.165, 1.54) is 0 Å². The van der Waals surface area contributed by atoms with Gasteiger partial charge in [0.25, 0.3) is 0 Å². The largest absolute Gasteiger partial charge is 0.296 e. The SMILES string of the molecule is CCN1CC=CC=CC1. The average molecular weight is 123 g/mol. The standard InChI is InChI=1S/C8H13N/c1-2-9-7-5-3-4-6-8-9/h3-6H,2,7-8H2,1H3. The van der Waals surface area contributed by atoms with Crippen molar-refractivity contribution in [2.75, 3.05) is 19.6 Å². The lowest BCUT2D eigenvalue weighted by Gasteiger charge is -2.13. The molecule has 0 N–H and O–H groups in total. The van der Waals surface area contributed by atoms with Crippen molar-refractivity contribution >= 4 is 0 Å². The van der Waals surface area contributed by atoms with Crippen molar-refractivity contribution in [1.82, 2.24) is 4.90 Å². The molecule has 1 nitrogen and oxygen atoms in total. The normalized spacial score (nSPS) is 20.1. The fourth-order valence-electron chi connectivity index (χ4n) is 0.910. The molecule has 1 rings (SSSR count). The van der Waals surface area contributed by atoms with Crippen molar-refractivity contribution in [1.29, 1.82) is 0 Å². The summed E-state index contributed by atoms with van der Waals surface area (Å²) in [7, 11) is 0. The number of hydrogen-bond donors (Lipinski definition) is 0. The van der Waals surface area contributed by atoms with Gasteiger partial charge in [-0.2, -0.15) is 0 Å². The minimum absolute atomic E-state index is 1.10. The van der Waals surface area contributed by atoms with Gasteiger partial charge in [0.1, 0.15) is 0 Å². The summed E-state index contributed by atoms with van der Waals surface area (Å²) in [5.41, 5.74) is 0. The van der Waals surface area contributed by atoms with E-state index in [1.54, 1.807) is 0 Å².